The van der Waals surface area contributed by atoms with Gasteiger partial charge >= 0.3 is 0 Å². The van der Waals surface area contributed by atoms with Gasteiger partial charge < -0.3 is 0 Å². The van der Waals surface area contributed by atoms with Gasteiger partial charge in [-0.25, -0.2) is 0 Å². The van der Waals surface area contributed by atoms with E-state index >= 15 is 0 Å². The van der Waals surface area contributed by atoms with Crippen molar-refractivity contribution in [1.29, 1.82) is 5.26 Å². The van der Waals surface area contributed by atoms with Gasteiger partial charge in [0.25, 0.3) is 0 Å². The van der Waals surface area contributed by atoms with Gasteiger partial charge in [0.2, 0.25) is 0 Å². The molecular formula is C14H10N2. The monoisotopic (exact) mass is 206 g/mol. The van der Waals surface area contributed by atoms with Crippen molar-refractivity contribution in [2.24, 2.45) is 0 Å². The zero-order chi connectivity index (χ0) is 11.2. The minimum atomic E-state index is 0.659. The van der Waals surface area contributed by atoms with E-state index in [1.165, 1.54) is 0 Å². The molecule has 0 aliphatic rings. The molecule has 0 unspecified atom stereocenters. The van der Waals surface area contributed by atoms with Gasteiger partial charge in [0.1, 0.15) is 0 Å². The zero-order valence-corrected chi connectivity index (χ0v) is 8.67. The van der Waals surface area contributed by atoms with E-state index in [0.29, 0.717) is 5.57 Å². The van der Waals surface area contributed by atoms with Crippen molar-refractivity contribution in [2.45, 2.75) is 0 Å². The zero-order valence-electron chi connectivity index (χ0n) is 8.67. The lowest BCUT2D eigenvalue weighted by molar-refractivity contribution is 1.32. The number of nitriles is 1. The number of benzene rings is 1. The van der Waals surface area contributed by atoms with Crippen molar-refractivity contribution in [1.82, 2.24) is 4.98 Å². The molecule has 2 nitrogen and oxygen atoms in total. The minimum Gasteiger partial charge on any atom is -0.265 e. The van der Waals surface area contributed by atoms with E-state index in [9.17, 15) is 0 Å². The molecule has 0 saturated carbocycles. The highest BCUT2D eigenvalue weighted by atomic mass is 14.6. The van der Waals surface area contributed by atoms with E-state index in [4.69, 9.17) is 5.26 Å². The first-order valence-corrected chi connectivity index (χ1v) is 4.97. The van der Waals surface area contributed by atoms with Crippen LogP contribution in [-0.2, 0) is 0 Å². The molecular weight excluding hydrogens is 196 g/mol. The first-order valence-electron chi connectivity index (χ1n) is 4.97. The normalized spacial score (nSPS) is 10.8. The lowest BCUT2D eigenvalue weighted by atomic mass is 10.0. The average Bonchev–Trinajstić information content (AvgIpc) is 2.38. The molecule has 1 heterocycles. The maximum absolute atomic E-state index is 9.11. The second-order valence-electron chi connectivity index (χ2n) is 3.32. The van der Waals surface area contributed by atoms with Crippen LogP contribution in [0.15, 0.2) is 54.9 Å². The fourth-order valence-electron chi connectivity index (χ4n) is 1.42. The van der Waals surface area contributed by atoms with Crippen molar-refractivity contribution in [3.63, 3.8) is 0 Å². The predicted octanol–water partition coefficient (Wildman–Crippen LogP) is 3.15. The molecule has 0 bridgehead atoms. The molecule has 0 amide bonds. The molecule has 2 aromatic rings. The first kappa shape index (κ1) is 10.1. The smallest absolute Gasteiger partial charge is 0.0998 e. The van der Waals surface area contributed by atoms with Gasteiger partial charge in [-0.2, -0.15) is 5.26 Å². The van der Waals surface area contributed by atoms with Crippen LogP contribution < -0.4 is 0 Å². The molecule has 2 rings (SSSR count). The van der Waals surface area contributed by atoms with E-state index < -0.39 is 0 Å². The van der Waals surface area contributed by atoms with Crippen molar-refractivity contribution < 1.29 is 0 Å². The first-order chi connectivity index (χ1) is 7.90. The third-order valence-corrected chi connectivity index (χ3v) is 2.22. The summed E-state index contributed by atoms with van der Waals surface area (Å²) in [6.45, 7) is 0. The van der Waals surface area contributed by atoms with Crippen LogP contribution in [0.3, 0.4) is 0 Å². The quantitative estimate of drug-likeness (QED) is 0.708. The molecule has 0 radical (unpaired) electrons. The summed E-state index contributed by atoms with van der Waals surface area (Å²) < 4.78 is 0. The molecule has 0 atom stereocenters. The van der Waals surface area contributed by atoms with E-state index in [1.807, 2.05) is 48.5 Å². The number of rotatable bonds is 2. The Morgan fingerprint density at radius 3 is 2.38 bits per heavy atom. The van der Waals surface area contributed by atoms with Crippen LogP contribution in [0, 0.1) is 11.3 Å². The summed E-state index contributed by atoms with van der Waals surface area (Å²) in [4.78, 5) is 3.94. The van der Waals surface area contributed by atoms with E-state index in [1.54, 1.807) is 12.4 Å². The molecule has 2 heteroatoms. The second kappa shape index (κ2) is 4.90. The van der Waals surface area contributed by atoms with Crippen LogP contribution in [-0.4, -0.2) is 4.98 Å². The standard InChI is InChI=1S/C14H10N2/c15-11-14(13-4-2-1-3-5-13)10-12-6-8-16-9-7-12/h1-10H/b14-10-. The number of nitrogens with zero attached hydrogens (tertiary/aromatic N) is 2. The van der Waals surface area contributed by atoms with Crippen LogP contribution in [0.2, 0.25) is 0 Å². The summed E-state index contributed by atoms with van der Waals surface area (Å²) in [6.07, 6.45) is 5.29. The Kier molecular flexibility index (Phi) is 3.10. The summed E-state index contributed by atoms with van der Waals surface area (Å²) in [6, 6.07) is 15.6. The number of hydrogen-bond acceptors (Lipinski definition) is 2. The van der Waals surface area contributed by atoms with Gasteiger partial charge in [0, 0.05) is 12.4 Å². The predicted molar refractivity (Wildman–Crippen MR) is 64.2 cm³/mol. The topological polar surface area (TPSA) is 36.7 Å². The van der Waals surface area contributed by atoms with Gasteiger partial charge in [-0.1, -0.05) is 30.3 Å². The molecule has 0 saturated heterocycles. The maximum Gasteiger partial charge on any atom is 0.0998 e. The molecule has 0 fully saturated rings. The fraction of sp³-hybridized carbons (Fsp3) is 0. The fourth-order valence-corrected chi connectivity index (χ4v) is 1.42. The number of hydrogen-bond donors (Lipinski definition) is 0. The Balaban J connectivity index is 2.39. The molecule has 0 spiro atoms. The highest BCUT2D eigenvalue weighted by Crippen LogP contribution is 2.16. The van der Waals surface area contributed by atoms with Crippen LogP contribution >= 0.6 is 0 Å². The molecule has 76 valence electrons. The summed E-state index contributed by atoms with van der Waals surface area (Å²) in [5.74, 6) is 0. The molecule has 0 aliphatic carbocycles. The van der Waals surface area contributed by atoms with Gasteiger partial charge in [-0.15, -0.1) is 0 Å². The summed E-state index contributed by atoms with van der Waals surface area (Å²) >= 11 is 0. The van der Waals surface area contributed by atoms with Crippen LogP contribution in [0.25, 0.3) is 11.6 Å². The van der Waals surface area contributed by atoms with Gasteiger partial charge in [-0.3, -0.25) is 4.98 Å². The number of pyridine rings is 1. The lowest BCUT2D eigenvalue weighted by Gasteiger charge is -1.98. The van der Waals surface area contributed by atoms with Crippen molar-refractivity contribution >= 4 is 11.6 Å². The van der Waals surface area contributed by atoms with Gasteiger partial charge in [-0.05, 0) is 29.3 Å². The minimum absolute atomic E-state index is 0.659. The Morgan fingerprint density at radius 1 is 1.06 bits per heavy atom. The van der Waals surface area contributed by atoms with Crippen molar-refractivity contribution in [2.75, 3.05) is 0 Å². The highest BCUT2D eigenvalue weighted by Gasteiger charge is 1.98. The largest absolute Gasteiger partial charge is 0.265 e. The van der Waals surface area contributed by atoms with Crippen LogP contribution in [0.4, 0.5) is 0 Å². The third kappa shape index (κ3) is 2.34. The van der Waals surface area contributed by atoms with Crippen LogP contribution in [0.1, 0.15) is 11.1 Å². The van der Waals surface area contributed by atoms with Crippen LogP contribution in [0.5, 0.6) is 0 Å². The Labute approximate surface area is 94.5 Å². The third-order valence-electron chi connectivity index (χ3n) is 2.22. The van der Waals surface area contributed by atoms with E-state index in [0.717, 1.165) is 11.1 Å². The Bertz CT molecular complexity index is 522. The van der Waals surface area contributed by atoms with Gasteiger partial charge in [0.05, 0.1) is 11.6 Å². The second-order valence-corrected chi connectivity index (χ2v) is 3.32. The molecule has 16 heavy (non-hydrogen) atoms. The van der Waals surface area contributed by atoms with E-state index in [-0.39, 0.29) is 0 Å². The lowest BCUT2D eigenvalue weighted by Crippen LogP contribution is -1.81. The SMILES string of the molecule is N#C/C(=C/c1ccncc1)c1ccccc1. The number of allylic oxidation sites excluding steroid dienone is 1. The van der Waals surface area contributed by atoms with Gasteiger partial charge in [0.15, 0.2) is 0 Å². The Morgan fingerprint density at radius 2 is 1.75 bits per heavy atom. The summed E-state index contributed by atoms with van der Waals surface area (Å²) in [5.41, 5.74) is 2.57. The Hall–Kier alpha value is -2.40. The summed E-state index contributed by atoms with van der Waals surface area (Å²) in [7, 11) is 0. The molecule has 1 aromatic heterocycles. The molecule has 0 aliphatic heterocycles. The maximum atomic E-state index is 9.11. The number of aromatic nitrogens is 1. The average molecular weight is 206 g/mol. The van der Waals surface area contributed by atoms with Crippen molar-refractivity contribution in [3.05, 3.63) is 66.0 Å². The van der Waals surface area contributed by atoms with Crippen molar-refractivity contribution in [3.8, 4) is 6.07 Å². The summed E-state index contributed by atoms with van der Waals surface area (Å²) in [5, 5.41) is 9.11. The highest BCUT2D eigenvalue weighted by molar-refractivity contribution is 5.89. The molecule has 1 aromatic carbocycles. The molecule has 0 N–H and O–H groups in total. The van der Waals surface area contributed by atoms with E-state index in [2.05, 4.69) is 11.1 Å².